The molecule has 0 bridgehead atoms. The van der Waals surface area contributed by atoms with E-state index < -0.39 is 23.8 Å². The fourth-order valence-electron chi connectivity index (χ4n) is 2.57. The van der Waals surface area contributed by atoms with Gasteiger partial charge < -0.3 is 15.3 Å². The highest BCUT2D eigenvalue weighted by Crippen LogP contribution is 2.21. The van der Waals surface area contributed by atoms with Crippen molar-refractivity contribution < 1.29 is 18.7 Å². The maximum Gasteiger partial charge on any atom is 0.322 e. The molecule has 140 valence electrons. The molecule has 2 rings (SSSR count). The highest BCUT2D eigenvalue weighted by atomic mass is 19.1. The van der Waals surface area contributed by atoms with Gasteiger partial charge in [0.25, 0.3) is 0 Å². The lowest BCUT2D eigenvalue weighted by molar-refractivity contribution is 0.110. The third-order valence-electron chi connectivity index (χ3n) is 3.70. The Bertz CT molecular complexity index is 745. The van der Waals surface area contributed by atoms with Crippen LogP contribution in [-0.2, 0) is 0 Å². The summed E-state index contributed by atoms with van der Waals surface area (Å²) in [6.07, 6.45) is -0.873. The van der Waals surface area contributed by atoms with Gasteiger partial charge in [0.2, 0.25) is 0 Å². The summed E-state index contributed by atoms with van der Waals surface area (Å²) >= 11 is 0. The Balaban J connectivity index is 2.16. The van der Waals surface area contributed by atoms with E-state index >= 15 is 0 Å². The van der Waals surface area contributed by atoms with Crippen molar-refractivity contribution in [2.45, 2.75) is 26.9 Å². The van der Waals surface area contributed by atoms with Crippen LogP contribution in [0.15, 0.2) is 48.5 Å². The maximum absolute atomic E-state index is 13.8. The van der Waals surface area contributed by atoms with Crippen molar-refractivity contribution in [3.63, 3.8) is 0 Å². The molecule has 0 spiro atoms. The van der Waals surface area contributed by atoms with Crippen LogP contribution in [0.25, 0.3) is 0 Å². The van der Waals surface area contributed by atoms with Gasteiger partial charge in [0, 0.05) is 12.6 Å². The van der Waals surface area contributed by atoms with E-state index in [1.54, 1.807) is 24.3 Å². The number of aliphatic hydroxyl groups is 1. The smallest absolute Gasteiger partial charge is 0.322 e. The van der Waals surface area contributed by atoms with Gasteiger partial charge in [-0.15, -0.1) is 0 Å². The average Bonchev–Trinajstić information content (AvgIpc) is 2.56. The number of urea groups is 1. The van der Waals surface area contributed by atoms with E-state index in [-0.39, 0.29) is 17.6 Å². The van der Waals surface area contributed by atoms with Gasteiger partial charge in [0.1, 0.15) is 11.6 Å². The van der Waals surface area contributed by atoms with E-state index in [0.717, 1.165) is 6.07 Å². The molecular formula is C20H24F2N2O2. The van der Waals surface area contributed by atoms with Crippen LogP contribution in [0, 0.1) is 17.0 Å². The van der Waals surface area contributed by atoms with Gasteiger partial charge in [-0.25, -0.2) is 13.6 Å². The van der Waals surface area contributed by atoms with Gasteiger partial charge >= 0.3 is 6.03 Å². The Hall–Kier alpha value is -2.47. The van der Waals surface area contributed by atoms with E-state index in [1.165, 1.54) is 11.0 Å². The second kappa shape index (κ2) is 8.27. The number of carbonyl (C=O) groups excluding carboxylic acids is 1. The fourth-order valence-corrected chi connectivity index (χ4v) is 2.57. The molecule has 0 saturated heterocycles. The van der Waals surface area contributed by atoms with E-state index in [0.29, 0.717) is 18.2 Å². The minimum atomic E-state index is -0.873. The quantitative estimate of drug-likeness (QED) is 0.818. The fraction of sp³-hybridized carbons (Fsp3) is 0.350. The lowest BCUT2D eigenvalue weighted by Gasteiger charge is -2.31. The molecule has 2 amide bonds. The SMILES string of the molecule is CC(C)(C)CN(C[C@H](O)c1ccccc1)C(=O)Nc1ccc(F)cc1F. The second-order valence-electron chi connectivity index (χ2n) is 7.42. The molecule has 0 aromatic heterocycles. The van der Waals surface area contributed by atoms with E-state index in [4.69, 9.17) is 0 Å². The summed E-state index contributed by atoms with van der Waals surface area (Å²) in [6, 6.07) is 11.4. The van der Waals surface area contributed by atoms with Crippen molar-refractivity contribution >= 4 is 11.7 Å². The van der Waals surface area contributed by atoms with Gasteiger partial charge in [-0.3, -0.25) is 0 Å². The topological polar surface area (TPSA) is 52.6 Å². The van der Waals surface area contributed by atoms with Gasteiger partial charge in [-0.2, -0.15) is 0 Å². The minimum Gasteiger partial charge on any atom is -0.387 e. The lowest BCUT2D eigenvalue weighted by Crippen LogP contribution is -2.42. The number of nitrogens with one attached hydrogen (secondary N) is 1. The van der Waals surface area contributed by atoms with Crippen LogP contribution >= 0.6 is 0 Å². The zero-order chi connectivity index (χ0) is 19.3. The van der Waals surface area contributed by atoms with Gasteiger partial charge in [0.15, 0.2) is 0 Å². The zero-order valence-electron chi connectivity index (χ0n) is 15.2. The number of hydrogen-bond donors (Lipinski definition) is 2. The Labute approximate surface area is 152 Å². The predicted molar refractivity (Wildman–Crippen MR) is 97.8 cm³/mol. The molecule has 1 atom stereocenters. The molecule has 26 heavy (non-hydrogen) atoms. The van der Waals surface area contributed by atoms with Gasteiger partial charge in [-0.05, 0) is 23.1 Å². The lowest BCUT2D eigenvalue weighted by atomic mass is 9.95. The van der Waals surface area contributed by atoms with Gasteiger partial charge in [0.05, 0.1) is 18.3 Å². The first kappa shape index (κ1) is 19.8. The van der Waals surface area contributed by atoms with Crippen LogP contribution in [-0.4, -0.2) is 29.1 Å². The number of hydrogen-bond acceptors (Lipinski definition) is 2. The maximum atomic E-state index is 13.8. The molecule has 0 aliphatic rings. The molecule has 0 heterocycles. The third kappa shape index (κ3) is 5.81. The summed E-state index contributed by atoms with van der Waals surface area (Å²) in [4.78, 5) is 14.1. The number of halogens is 2. The number of aliphatic hydroxyl groups excluding tert-OH is 1. The molecule has 0 radical (unpaired) electrons. The number of rotatable bonds is 5. The summed E-state index contributed by atoms with van der Waals surface area (Å²) in [5.74, 6) is -1.57. The van der Waals surface area contributed by atoms with Gasteiger partial charge in [-0.1, -0.05) is 51.1 Å². The van der Waals surface area contributed by atoms with E-state index in [1.807, 2.05) is 26.8 Å². The Kier molecular flexibility index (Phi) is 6.32. The summed E-state index contributed by atoms with van der Waals surface area (Å²) in [5, 5.41) is 12.9. The highest BCUT2D eigenvalue weighted by molar-refractivity contribution is 5.89. The van der Waals surface area contributed by atoms with Crippen molar-refractivity contribution in [2.24, 2.45) is 5.41 Å². The standard InChI is InChI=1S/C20H24F2N2O2/c1-20(2,3)13-24(12-18(25)14-7-5-4-6-8-14)19(26)23-17-10-9-15(21)11-16(17)22/h4-11,18,25H,12-13H2,1-3H3,(H,23,26)/t18-/m0/s1. The molecule has 0 aliphatic carbocycles. The summed E-state index contributed by atoms with van der Waals surface area (Å²) in [7, 11) is 0. The second-order valence-corrected chi connectivity index (χ2v) is 7.42. The molecule has 4 nitrogen and oxygen atoms in total. The Morgan fingerprint density at radius 1 is 1.15 bits per heavy atom. The van der Waals surface area contributed by atoms with Crippen molar-refractivity contribution in [2.75, 3.05) is 18.4 Å². The molecule has 2 aromatic carbocycles. The van der Waals surface area contributed by atoms with Crippen molar-refractivity contribution in [1.82, 2.24) is 4.90 Å². The zero-order valence-corrected chi connectivity index (χ0v) is 15.2. The molecule has 2 aromatic rings. The van der Waals surface area contributed by atoms with E-state index in [2.05, 4.69) is 5.32 Å². The number of benzene rings is 2. The summed E-state index contributed by atoms with van der Waals surface area (Å²) < 4.78 is 26.8. The molecule has 6 heteroatoms. The number of amides is 2. The predicted octanol–water partition coefficient (Wildman–Crippen LogP) is 4.58. The molecule has 0 unspecified atom stereocenters. The first-order valence-electron chi connectivity index (χ1n) is 8.40. The Morgan fingerprint density at radius 3 is 2.38 bits per heavy atom. The van der Waals surface area contributed by atoms with Crippen LogP contribution in [0.1, 0.15) is 32.4 Å². The highest BCUT2D eigenvalue weighted by Gasteiger charge is 2.24. The largest absolute Gasteiger partial charge is 0.387 e. The minimum absolute atomic E-state index is 0.0515. The summed E-state index contributed by atoms with van der Waals surface area (Å²) in [6.45, 7) is 6.28. The molecular weight excluding hydrogens is 338 g/mol. The number of nitrogens with zero attached hydrogens (tertiary/aromatic N) is 1. The normalized spacial score (nSPS) is 12.5. The van der Waals surface area contributed by atoms with Crippen molar-refractivity contribution in [3.05, 3.63) is 65.7 Å². The number of carbonyl (C=O) groups is 1. The molecule has 2 N–H and O–H groups in total. The molecule has 0 saturated carbocycles. The molecule has 0 aliphatic heterocycles. The average molecular weight is 362 g/mol. The summed E-state index contributed by atoms with van der Waals surface area (Å²) in [5.41, 5.74) is 0.353. The van der Waals surface area contributed by atoms with E-state index in [9.17, 15) is 18.7 Å². The van der Waals surface area contributed by atoms with Crippen LogP contribution in [0.2, 0.25) is 0 Å². The van der Waals surface area contributed by atoms with Crippen molar-refractivity contribution in [3.8, 4) is 0 Å². The first-order chi connectivity index (χ1) is 12.2. The van der Waals surface area contributed by atoms with Crippen LogP contribution in [0.4, 0.5) is 19.3 Å². The monoisotopic (exact) mass is 362 g/mol. The van der Waals surface area contributed by atoms with Crippen LogP contribution < -0.4 is 5.32 Å². The number of anilines is 1. The van der Waals surface area contributed by atoms with Crippen molar-refractivity contribution in [1.29, 1.82) is 0 Å². The first-order valence-corrected chi connectivity index (χ1v) is 8.40. The van der Waals surface area contributed by atoms with Crippen LogP contribution in [0.3, 0.4) is 0 Å². The molecule has 0 fully saturated rings. The Morgan fingerprint density at radius 2 is 1.81 bits per heavy atom. The van der Waals surface area contributed by atoms with Crippen LogP contribution in [0.5, 0.6) is 0 Å². The third-order valence-corrected chi connectivity index (χ3v) is 3.70.